The number of esters is 2. The monoisotopic (exact) mass is 346 g/mol. The number of fused-ring (bicyclic) bond motifs is 2. The van der Waals surface area contributed by atoms with Crippen LogP contribution >= 0.6 is 0 Å². The third kappa shape index (κ3) is 2.84. The Balaban J connectivity index is 2.23. The minimum Gasteiger partial charge on any atom is -0.456 e. The Labute approximate surface area is 142 Å². The van der Waals surface area contributed by atoms with Gasteiger partial charge in [0.2, 0.25) is 0 Å². The third-order valence-corrected chi connectivity index (χ3v) is 4.32. The molecule has 0 radical (unpaired) electrons. The van der Waals surface area contributed by atoms with E-state index in [2.05, 4.69) is 0 Å². The molecule has 2 atom stereocenters. The van der Waals surface area contributed by atoms with Gasteiger partial charge in [-0.2, -0.15) is 0 Å². The van der Waals surface area contributed by atoms with Crippen LogP contribution in [-0.4, -0.2) is 33.0 Å². The van der Waals surface area contributed by atoms with Crippen LogP contribution in [0.4, 0.5) is 0 Å². The molecule has 0 amide bonds. The van der Waals surface area contributed by atoms with Crippen molar-refractivity contribution in [2.75, 3.05) is 0 Å². The molecule has 8 nitrogen and oxygen atoms in total. The zero-order chi connectivity index (χ0) is 18.4. The largest absolute Gasteiger partial charge is 0.456 e. The molecule has 0 bridgehead atoms. The minimum absolute atomic E-state index is 0.0811. The third-order valence-electron chi connectivity index (χ3n) is 4.32. The van der Waals surface area contributed by atoms with Crippen LogP contribution in [0.1, 0.15) is 20.8 Å². The lowest BCUT2D eigenvalue weighted by molar-refractivity contribution is -0.192. The normalized spacial score (nSPS) is 22.3. The van der Waals surface area contributed by atoms with E-state index in [1.807, 2.05) is 0 Å². The van der Waals surface area contributed by atoms with Gasteiger partial charge < -0.3 is 9.47 Å². The lowest BCUT2D eigenvalue weighted by Crippen LogP contribution is -2.60. The highest BCUT2D eigenvalue weighted by Crippen LogP contribution is 2.26. The molecule has 3 rings (SSSR count). The second-order valence-electron chi connectivity index (χ2n) is 6.30. The molecule has 0 N–H and O–H groups in total. The maximum Gasteiger partial charge on any atom is 0.303 e. The van der Waals surface area contributed by atoms with Gasteiger partial charge in [0.05, 0.1) is 23.9 Å². The Morgan fingerprint density at radius 2 is 1.60 bits per heavy atom. The van der Waals surface area contributed by atoms with E-state index in [0.717, 1.165) is 0 Å². The van der Waals surface area contributed by atoms with Gasteiger partial charge in [0.15, 0.2) is 11.7 Å². The Morgan fingerprint density at radius 1 is 1.04 bits per heavy atom. The number of hydrogen-bond donors (Lipinski definition) is 0. The first kappa shape index (κ1) is 16.9. The molecule has 132 valence electrons. The van der Waals surface area contributed by atoms with Gasteiger partial charge in [-0.1, -0.05) is 12.1 Å². The first-order valence-electron chi connectivity index (χ1n) is 7.82. The van der Waals surface area contributed by atoms with Crippen molar-refractivity contribution in [1.82, 2.24) is 9.36 Å². The zero-order valence-corrected chi connectivity index (χ0v) is 14.1. The molecule has 2 heterocycles. The fraction of sp³-hybridized carbons (Fsp3) is 0.412. The number of hydrogen-bond acceptors (Lipinski definition) is 6. The maximum atomic E-state index is 12.8. The van der Waals surface area contributed by atoms with E-state index in [9.17, 15) is 19.2 Å². The Bertz CT molecular complexity index is 989. The molecule has 0 saturated heterocycles. The maximum absolute atomic E-state index is 12.8. The average molecular weight is 346 g/mol. The quantitative estimate of drug-likeness (QED) is 0.732. The summed E-state index contributed by atoms with van der Waals surface area (Å²) in [6, 6.07) is 6.51. The van der Waals surface area contributed by atoms with E-state index in [0.29, 0.717) is 10.8 Å². The summed E-state index contributed by atoms with van der Waals surface area (Å²) in [7, 11) is 0. The Hall–Kier alpha value is -2.90. The summed E-state index contributed by atoms with van der Waals surface area (Å²) in [6.45, 7) is 3.88. The molecule has 1 aliphatic rings. The summed E-state index contributed by atoms with van der Waals surface area (Å²) in [4.78, 5) is 48.5. The number of aromatic nitrogens is 2. The van der Waals surface area contributed by atoms with Crippen molar-refractivity contribution in [1.29, 1.82) is 0 Å². The topological polar surface area (TPSA) is 96.6 Å². The van der Waals surface area contributed by atoms with E-state index < -0.39 is 23.6 Å². The van der Waals surface area contributed by atoms with Crippen molar-refractivity contribution in [2.24, 2.45) is 0 Å². The van der Waals surface area contributed by atoms with Crippen LogP contribution in [0.5, 0.6) is 0 Å². The molecular formula is C17H18N2O6. The van der Waals surface area contributed by atoms with Gasteiger partial charge in [0.25, 0.3) is 11.1 Å². The molecular weight excluding hydrogens is 328 g/mol. The first-order chi connectivity index (χ1) is 11.7. The van der Waals surface area contributed by atoms with Crippen LogP contribution in [-0.2, 0) is 32.2 Å². The van der Waals surface area contributed by atoms with E-state index in [4.69, 9.17) is 9.47 Å². The number of ether oxygens (including phenoxy) is 2. The SMILES string of the molecule is CC(=O)O[C@H]1Cn2c(=O)c3ccccc3c(=O)n2C[C@@]1(C)OC(C)=O. The number of carbonyl (C=O) groups is 2. The summed E-state index contributed by atoms with van der Waals surface area (Å²) in [5.41, 5.74) is -1.98. The zero-order valence-electron chi connectivity index (χ0n) is 14.1. The highest BCUT2D eigenvalue weighted by molar-refractivity contribution is 5.80. The molecule has 0 aliphatic carbocycles. The molecule has 1 aliphatic heterocycles. The van der Waals surface area contributed by atoms with Crippen LogP contribution in [0.15, 0.2) is 33.9 Å². The van der Waals surface area contributed by atoms with E-state index >= 15 is 0 Å². The molecule has 0 saturated carbocycles. The van der Waals surface area contributed by atoms with Gasteiger partial charge in [0, 0.05) is 13.8 Å². The molecule has 2 aromatic rings. The summed E-state index contributed by atoms with van der Waals surface area (Å²) < 4.78 is 13.1. The number of carbonyl (C=O) groups excluding carboxylic acids is 2. The van der Waals surface area contributed by atoms with Crippen LogP contribution in [0.25, 0.3) is 10.8 Å². The van der Waals surface area contributed by atoms with Crippen molar-refractivity contribution in [2.45, 2.75) is 45.6 Å². The van der Waals surface area contributed by atoms with Crippen LogP contribution in [0.2, 0.25) is 0 Å². The fourth-order valence-corrected chi connectivity index (χ4v) is 3.23. The Morgan fingerprint density at radius 3 is 2.12 bits per heavy atom. The van der Waals surface area contributed by atoms with Crippen LogP contribution < -0.4 is 11.1 Å². The van der Waals surface area contributed by atoms with E-state index in [1.165, 1.54) is 23.2 Å². The van der Waals surface area contributed by atoms with Gasteiger partial charge >= 0.3 is 11.9 Å². The van der Waals surface area contributed by atoms with Gasteiger partial charge in [-0.15, -0.1) is 0 Å². The number of rotatable bonds is 2. The second kappa shape index (κ2) is 5.87. The van der Waals surface area contributed by atoms with Crippen molar-refractivity contribution in [3.8, 4) is 0 Å². The smallest absolute Gasteiger partial charge is 0.303 e. The second-order valence-corrected chi connectivity index (χ2v) is 6.30. The molecule has 25 heavy (non-hydrogen) atoms. The molecule has 0 unspecified atom stereocenters. The summed E-state index contributed by atoms with van der Waals surface area (Å²) in [5.74, 6) is -1.13. The minimum atomic E-state index is -1.25. The highest BCUT2D eigenvalue weighted by Gasteiger charge is 2.45. The fourth-order valence-electron chi connectivity index (χ4n) is 3.23. The standard InChI is InChI=1S/C17H18N2O6/c1-10(20)24-14-8-18-15(22)12-6-4-5-7-13(12)16(23)19(18)9-17(14,3)25-11(2)21/h4-7,14H,8-9H2,1-3H3/t14-,17+/m0/s1. The van der Waals surface area contributed by atoms with Crippen LogP contribution in [0, 0.1) is 0 Å². The number of benzene rings is 1. The molecule has 8 heteroatoms. The molecule has 0 fully saturated rings. The Kier molecular flexibility index (Phi) is 3.98. The summed E-state index contributed by atoms with van der Waals surface area (Å²) in [6.07, 6.45) is -0.882. The first-order valence-corrected chi connectivity index (χ1v) is 7.82. The van der Waals surface area contributed by atoms with Crippen LogP contribution in [0.3, 0.4) is 0 Å². The highest BCUT2D eigenvalue weighted by atomic mass is 16.6. The van der Waals surface area contributed by atoms with Crippen molar-refractivity contribution in [3.05, 3.63) is 45.0 Å². The van der Waals surface area contributed by atoms with Crippen molar-refractivity contribution >= 4 is 22.7 Å². The van der Waals surface area contributed by atoms with Gasteiger partial charge in [-0.25, -0.2) is 9.36 Å². The van der Waals surface area contributed by atoms with Crippen molar-refractivity contribution in [3.63, 3.8) is 0 Å². The molecule has 0 spiro atoms. The average Bonchev–Trinajstić information content (AvgIpc) is 2.53. The molecule has 1 aromatic heterocycles. The lowest BCUT2D eigenvalue weighted by atomic mass is 9.96. The van der Waals surface area contributed by atoms with Gasteiger partial charge in [-0.05, 0) is 19.1 Å². The van der Waals surface area contributed by atoms with E-state index in [1.54, 1.807) is 31.2 Å². The number of nitrogens with zero attached hydrogens (tertiary/aromatic N) is 2. The summed E-state index contributed by atoms with van der Waals surface area (Å²) >= 11 is 0. The lowest BCUT2D eigenvalue weighted by Gasteiger charge is -2.41. The van der Waals surface area contributed by atoms with Gasteiger partial charge in [0.1, 0.15) is 0 Å². The van der Waals surface area contributed by atoms with Gasteiger partial charge in [-0.3, -0.25) is 19.2 Å². The predicted octanol–water partition coefficient (Wildman–Crippen LogP) is 0.430. The van der Waals surface area contributed by atoms with E-state index in [-0.39, 0.29) is 24.2 Å². The summed E-state index contributed by atoms with van der Waals surface area (Å²) in [5, 5.41) is 0.585. The predicted molar refractivity (Wildman–Crippen MR) is 88.2 cm³/mol. The van der Waals surface area contributed by atoms with Crippen molar-refractivity contribution < 1.29 is 19.1 Å². The molecule has 1 aromatic carbocycles.